The molecule has 0 bridgehead atoms. The summed E-state index contributed by atoms with van der Waals surface area (Å²) in [5.74, 6) is 5.64. The van der Waals surface area contributed by atoms with Gasteiger partial charge >= 0.3 is 0 Å². The van der Waals surface area contributed by atoms with Crippen molar-refractivity contribution in [1.29, 1.82) is 0 Å². The highest BCUT2D eigenvalue weighted by molar-refractivity contribution is 5.82. The van der Waals surface area contributed by atoms with Crippen molar-refractivity contribution in [3.05, 3.63) is 30.1 Å². The van der Waals surface area contributed by atoms with E-state index in [4.69, 9.17) is 0 Å². The zero-order valence-corrected chi connectivity index (χ0v) is 17.8. The van der Waals surface area contributed by atoms with Gasteiger partial charge < -0.3 is 0 Å². The molecule has 0 aliphatic heterocycles. The second-order valence-corrected chi connectivity index (χ2v) is 10.8. The molecule has 0 N–H and O–H groups in total. The summed E-state index contributed by atoms with van der Waals surface area (Å²) >= 11 is 0. The monoisotopic (exact) mass is 380 g/mol. The van der Waals surface area contributed by atoms with Gasteiger partial charge in [0, 0.05) is 18.3 Å². The van der Waals surface area contributed by atoms with Crippen LogP contribution in [0, 0.1) is 46.8 Å². The molecule has 0 aromatic carbocycles. The molecule has 0 saturated heterocycles. The smallest absolute Gasteiger partial charge is 0.157 e. The summed E-state index contributed by atoms with van der Waals surface area (Å²) in [7, 11) is 0. The van der Waals surface area contributed by atoms with Crippen molar-refractivity contribution >= 4 is 5.78 Å². The second-order valence-electron chi connectivity index (χ2n) is 10.8. The van der Waals surface area contributed by atoms with Crippen molar-refractivity contribution in [1.82, 2.24) is 9.78 Å². The molecule has 28 heavy (non-hydrogen) atoms. The van der Waals surface area contributed by atoms with E-state index in [0.717, 1.165) is 41.9 Å². The van der Waals surface area contributed by atoms with Crippen LogP contribution in [0.1, 0.15) is 65.7 Å². The molecule has 1 aromatic heterocycles. The van der Waals surface area contributed by atoms with E-state index in [-0.39, 0.29) is 11.3 Å². The Labute approximate surface area is 170 Å². The predicted octanol–water partition coefficient (Wildman–Crippen LogP) is 5.52. The number of rotatable bonds is 3. The lowest BCUT2D eigenvalue weighted by atomic mass is 9.50. The van der Waals surface area contributed by atoms with Gasteiger partial charge in [0.1, 0.15) is 0 Å². The fourth-order valence-corrected chi connectivity index (χ4v) is 7.83. The second kappa shape index (κ2) is 6.85. The van der Waals surface area contributed by atoms with E-state index in [0.29, 0.717) is 12.3 Å². The molecule has 4 aliphatic carbocycles. The number of hydrogen-bond acceptors (Lipinski definition) is 2. The number of carbonyl (C=O) groups is 1. The van der Waals surface area contributed by atoms with E-state index >= 15 is 0 Å². The summed E-state index contributed by atoms with van der Waals surface area (Å²) in [6.07, 6.45) is 15.3. The highest BCUT2D eigenvalue weighted by Crippen LogP contribution is 2.63. The Morgan fingerprint density at radius 3 is 2.86 bits per heavy atom. The normalized spacial score (nSPS) is 45.0. The van der Waals surface area contributed by atoms with Crippen molar-refractivity contribution in [3.8, 4) is 0 Å². The summed E-state index contributed by atoms with van der Waals surface area (Å²) in [5.41, 5.74) is 2.00. The molecule has 152 valence electrons. The highest BCUT2D eigenvalue weighted by atomic mass is 16.1. The molecule has 3 heteroatoms. The van der Waals surface area contributed by atoms with Crippen LogP contribution in [0.2, 0.25) is 0 Å². The van der Waals surface area contributed by atoms with Gasteiger partial charge in [-0.05, 0) is 91.9 Å². The van der Waals surface area contributed by atoms with E-state index in [2.05, 4.69) is 31.9 Å². The van der Waals surface area contributed by atoms with Crippen LogP contribution in [0.4, 0.5) is 0 Å². The minimum atomic E-state index is 0.213. The molecule has 0 spiro atoms. The summed E-state index contributed by atoms with van der Waals surface area (Å²) in [6.45, 7) is 7.82. The van der Waals surface area contributed by atoms with Gasteiger partial charge in [-0.1, -0.05) is 32.4 Å². The van der Waals surface area contributed by atoms with Gasteiger partial charge in [0.05, 0.1) is 6.54 Å². The maximum Gasteiger partial charge on any atom is 0.157 e. The SMILES string of the molecule is CC1CC2=CCC3C(CCC4(C)C(C(=O)Cn5cccn5)CCC34)C2CC1C. The third-order valence-electron chi connectivity index (χ3n) is 9.56. The molecule has 1 heterocycles. The number of carbonyl (C=O) groups excluding carboxylic acids is 1. The quantitative estimate of drug-likeness (QED) is 0.647. The Balaban J connectivity index is 1.36. The summed E-state index contributed by atoms with van der Waals surface area (Å²) < 4.78 is 1.81. The largest absolute Gasteiger partial charge is 0.297 e. The minimum Gasteiger partial charge on any atom is -0.297 e. The standard InChI is InChI=1S/C25H36N2O/c1-16-13-18-5-6-20-19(21(18)14-17(16)2)9-10-25(3)22(20)7-8-23(25)24(28)15-27-12-4-11-26-27/h4-5,11-12,16-17,19-23H,6-10,13-15H2,1-3H3. The number of fused-ring (bicyclic) bond motifs is 5. The van der Waals surface area contributed by atoms with Gasteiger partial charge in [-0.15, -0.1) is 0 Å². The van der Waals surface area contributed by atoms with Crippen LogP contribution in [0.25, 0.3) is 0 Å². The van der Waals surface area contributed by atoms with Crippen molar-refractivity contribution in [2.45, 2.75) is 72.3 Å². The van der Waals surface area contributed by atoms with E-state index in [1.807, 2.05) is 16.9 Å². The molecule has 8 unspecified atom stereocenters. The summed E-state index contributed by atoms with van der Waals surface area (Å²) in [6, 6.07) is 1.91. The first-order chi connectivity index (χ1) is 13.5. The topological polar surface area (TPSA) is 34.9 Å². The molecule has 3 saturated carbocycles. The van der Waals surface area contributed by atoms with Gasteiger partial charge in [0.2, 0.25) is 0 Å². The summed E-state index contributed by atoms with van der Waals surface area (Å²) in [5, 5.41) is 4.27. The van der Waals surface area contributed by atoms with E-state index in [1.165, 1.54) is 38.5 Å². The lowest BCUT2D eigenvalue weighted by Gasteiger charge is -2.54. The van der Waals surface area contributed by atoms with Crippen LogP contribution >= 0.6 is 0 Å². The fraction of sp³-hybridized carbons (Fsp3) is 0.760. The predicted molar refractivity (Wildman–Crippen MR) is 112 cm³/mol. The average molecular weight is 381 g/mol. The summed E-state index contributed by atoms with van der Waals surface area (Å²) in [4.78, 5) is 13.2. The minimum absolute atomic E-state index is 0.213. The Morgan fingerprint density at radius 2 is 2.07 bits per heavy atom. The van der Waals surface area contributed by atoms with Crippen LogP contribution in [0.15, 0.2) is 30.1 Å². The number of hydrogen-bond donors (Lipinski definition) is 0. The molecule has 3 nitrogen and oxygen atoms in total. The first-order valence-electron chi connectivity index (χ1n) is 11.7. The molecule has 0 amide bonds. The maximum absolute atomic E-state index is 13.2. The Kier molecular flexibility index (Phi) is 4.56. The maximum atomic E-state index is 13.2. The number of aromatic nitrogens is 2. The van der Waals surface area contributed by atoms with Gasteiger partial charge in [-0.3, -0.25) is 9.48 Å². The van der Waals surface area contributed by atoms with Crippen LogP contribution in [-0.4, -0.2) is 15.6 Å². The average Bonchev–Trinajstić information content (AvgIpc) is 3.29. The van der Waals surface area contributed by atoms with Crippen molar-refractivity contribution in [2.24, 2.45) is 46.8 Å². The van der Waals surface area contributed by atoms with Gasteiger partial charge in [-0.25, -0.2) is 0 Å². The lowest BCUT2D eigenvalue weighted by molar-refractivity contribution is -0.129. The van der Waals surface area contributed by atoms with Crippen molar-refractivity contribution in [3.63, 3.8) is 0 Å². The zero-order chi connectivity index (χ0) is 19.5. The molecular formula is C25H36N2O. The molecule has 1 aromatic rings. The molecule has 0 radical (unpaired) electrons. The van der Waals surface area contributed by atoms with E-state index < -0.39 is 0 Å². The molecule has 4 aliphatic rings. The number of Topliss-reactive ketones (excluding diaryl/α,β-unsaturated/α-hetero) is 1. The third-order valence-corrected chi connectivity index (χ3v) is 9.56. The zero-order valence-electron chi connectivity index (χ0n) is 17.8. The van der Waals surface area contributed by atoms with Crippen LogP contribution < -0.4 is 0 Å². The lowest BCUT2D eigenvalue weighted by Crippen LogP contribution is -2.47. The Morgan fingerprint density at radius 1 is 1.21 bits per heavy atom. The van der Waals surface area contributed by atoms with Crippen molar-refractivity contribution < 1.29 is 4.79 Å². The highest BCUT2D eigenvalue weighted by Gasteiger charge is 2.57. The van der Waals surface area contributed by atoms with Gasteiger partial charge in [-0.2, -0.15) is 5.10 Å². The Bertz CT molecular complexity index is 766. The van der Waals surface area contributed by atoms with Crippen LogP contribution in [0.5, 0.6) is 0 Å². The van der Waals surface area contributed by atoms with Crippen LogP contribution in [-0.2, 0) is 11.3 Å². The first kappa shape index (κ1) is 18.6. The van der Waals surface area contributed by atoms with Gasteiger partial charge in [0.15, 0.2) is 5.78 Å². The number of allylic oxidation sites excluding steroid dienone is 2. The van der Waals surface area contributed by atoms with E-state index in [1.54, 1.807) is 11.8 Å². The first-order valence-corrected chi connectivity index (χ1v) is 11.7. The van der Waals surface area contributed by atoms with Crippen LogP contribution in [0.3, 0.4) is 0 Å². The van der Waals surface area contributed by atoms with Gasteiger partial charge in [0.25, 0.3) is 0 Å². The molecule has 8 atom stereocenters. The number of nitrogens with zero attached hydrogens (tertiary/aromatic N) is 2. The van der Waals surface area contributed by atoms with Crippen molar-refractivity contribution in [2.75, 3.05) is 0 Å². The molecule has 3 fully saturated rings. The Hall–Kier alpha value is -1.38. The third kappa shape index (κ3) is 2.83. The molecule has 5 rings (SSSR count). The van der Waals surface area contributed by atoms with E-state index in [9.17, 15) is 4.79 Å². The molecular weight excluding hydrogens is 344 g/mol. The number of ketones is 1. The fourth-order valence-electron chi connectivity index (χ4n) is 7.83.